The third-order valence-corrected chi connectivity index (χ3v) is 7.58. The van der Waals surface area contributed by atoms with Crippen molar-refractivity contribution in [3.8, 4) is 17.2 Å². The van der Waals surface area contributed by atoms with Crippen LogP contribution in [0.15, 0.2) is 40.9 Å². The van der Waals surface area contributed by atoms with Crippen molar-refractivity contribution in [2.75, 3.05) is 44.2 Å². The van der Waals surface area contributed by atoms with Gasteiger partial charge >= 0.3 is 6.03 Å². The zero-order valence-electron chi connectivity index (χ0n) is 24.5. The van der Waals surface area contributed by atoms with Crippen LogP contribution in [0.5, 0.6) is 17.2 Å². The minimum Gasteiger partial charge on any atom is -0.488 e. The summed E-state index contributed by atoms with van der Waals surface area (Å²) >= 11 is 0. The topological polar surface area (TPSA) is 139 Å². The zero-order valence-corrected chi connectivity index (χ0v) is 24.5. The molecular formula is C30H37N5O7. The zero-order chi connectivity index (χ0) is 30.0. The number of amides is 3. The monoisotopic (exact) mass is 579 g/mol. The maximum Gasteiger partial charge on any atom is 0.323 e. The normalized spacial score (nSPS) is 18.6. The predicted molar refractivity (Wildman–Crippen MR) is 155 cm³/mol. The minimum absolute atomic E-state index is 0.0334. The Bertz CT molecular complexity index is 1440. The van der Waals surface area contributed by atoms with Crippen molar-refractivity contribution < 1.29 is 33.4 Å². The Morgan fingerprint density at radius 1 is 1.14 bits per heavy atom. The van der Waals surface area contributed by atoms with Crippen molar-refractivity contribution in [3.63, 3.8) is 0 Å². The van der Waals surface area contributed by atoms with Crippen LogP contribution >= 0.6 is 0 Å². The molecule has 0 saturated carbocycles. The van der Waals surface area contributed by atoms with Gasteiger partial charge in [0.1, 0.15) is 23.2 Å². The van der Waals surface area contributed by atoms with Crippen LogP contribution in [-0.2, 0) is 6.54 Å². The number of urea groups is 1. The lowest BCUT2D eigenvalue weighted by atomic mass is 9.99. The number of benzene rings is 2. The molecule has 3 heterocycles. The maximum atomic E-state index is 13.7. The standard InChI is InChI=1S/C30H37N5O7/c1-17-12-35(18(2)15-36)29(37)23-11-22(31-30(38)32-28-19(3)33-42-20(28)4)7-9-24(23)41-27(17)14-34(5)13-21-6-8-25-26(10-21)40-16-39-25/h6-11,17-18,27,36H,12-16H2,1-5H3,(H2,31,32,38)/t17-,18-,27-/m0/s1. The molecule has 5 rings (SSSR count). The highest BCUT2D eigenvalue weighted by atomic mass is 16.7. The summed E-state index contributed by atoms with van der Waals surface area (Å²) in [6.45, 7) is 8.99. The molecule has 3 amide bonds. The summed E-state index contributed by atoms with van der Waals surface area (Å²) in [6.07, 6.45) is -0.258. The number of fused-ring (bicyclic) bond motifs is 2. The van der Waals surface area contributed by atoms with Gasteiger partial charge in [0.05, 0.1) is 18.2 Å². The van der Waals surface area contributed by atoms with Gasteiger partial charge in [-0.05, 0) is 63.7 Å². The number of aryl methyl sites for hydroxylation is 2. The molecule has 0 radical (unpaired) electrons. The summed E-state index contributed by atoms with van der Waals surface area (Å²) in [4.78, 5) is 30.3. The van der Waals surface area contributed by atoms with E-state index in [0.717, 1.165) is 17.1 Å². The second kappa shape index (κ2) is 12.3. The number of aromatic nitrogens is 1. The Morgan fingerprint density at radius 3 is 2.64 bits per heavy atom. The third-order valence-electron chi connectivity index (χ3n) is 7.58. The van der Waals surface area contributed by atoms with E-state index in [-0.39, 0.29) is 31.3 Å². The smallest absolute Gasteiger partial charge is 0.323 e. The van der Waals surface area contributed by atoms with Crippen molar-refractivity contribution in [1.82, 2.24) is 15.0 Å². The molecule has 2 aliphatic heterocycles. The number of rotatable bonds is 8. The maximum absolute atomic E-state index is 13.7. The molecular weight excluding hydrogens is 542 g/mol. The molecule has 12 nitrogen and oxygen atoms in total. The van der Waals surface area contributed by atoms with Crippen LogP contribution in [0.3, 0.4) is 0 Å². The predicted octanol–water partition coefficient (Wildman–Crippen LogP) is 4.02. The van der Waals surface area contributed by atoms with E-state index < -0.39 is 12.1 Å². The summed E-state index contributed by atoms with van der Waals surface area (Å²) in [5, 5.41) is 19.3. The van der Waals surface area contributed by atoms with Gasteiger partial charge in [-0.25, -0.2) is 4.79 Å². The average Bonchev–Trinajstić information content (AvgIpc) is 3.56. The van der Waals surface area contributed by atoms with E-state index in [4.69, 9.17) is 18.7 Å². The summed E-state index contributed by atoms with van der Waals surface area (Å²) in [5.41, 5.74) is 2.85. The second-order valence-electron chi connectivity index (χ2n) is 11.0. The lowest BCUT2D eigenvalue weighted by molar-refractivity contribution is 0.0341. The molecule has 0 fully saturated rings. The molecule has 2 aromatic carbocycles. The number of nitrogens with zero attached hydrogens (tertiary/aromatic N) is 3. The number of aliphatic hydroxyl groups excluding tert-OH is 1. The molecule has 0 saturated heterocycles. The minimum atomic E-state index is -0.499. The Balaban J connectivity index is 1.35. The molecule has 3 N–H and O–H groups in total. The third kappa shape index (κ3) is 6.29. The second-order valence-corrected chi connectivity index (χ2v) is 11.0. The number of likely N-dealkylation sites (N-methyl/N-ethyl adjacent to an activating group) is 1. The quantitative estimate of drug-likeness (QED) is 0.361. The highest BCUT2D eigenvalue weighted by Crippen LogP contribution is 2.34. The molecule has 0 unspecified atom stereocenters. The highest BCUT2D eigenvalue weighted by molar-refractivity contribution is 6.03. The van der Waals surface area contributed by atoms with E-state index >= 15 is 0 Å². The van der Waals surface area contributed by atoms with Gasteiger partial charge in [0.25, 0.3) is 5.91 Å². The van der Waals surface area contributed by atoms with Gasteiger partial charge in [-0.1, -0.05) is 18.1 Å². The van der Waals surface area contributed by atoms with Gasteiger partial charge in [-0.15, -0.1) is 0 Å². The number of carbonyl (C=O) groups is 2. The first-order chi connectivity index (χ1) is 20.1. The fraction of sp³-hybridized carbons (Fsp3) is 0.433. The Hall–Kier alpha value is -4.29. The molecule has 224 valence electrons. The molecule has 2 aliphatic rings. The first-order valence-electron chi connectivity index (χ1n) is 13.9. The van der Waals surface area contributed by atoms with Gasteiger partial charge in [0.15, 0.2) is 17.3 Å². The molecule has 0 bridgehead atoms. The molecule has 3 atom stereocenters. The van der Waals surface area contributed by atoms with Gasteiger partial charge in [-0.2, -0.15) is 0 Å². The van der Waals surface area contributed by atoms with Gasteiger partial charge in [0.2, 0.25) is 6.79 Å². The summed E-state index contributed by atoms with van der Waals surface area (Å²) in [7, 11) is 2.02. The van der Waals surface area contributed by atoms with E-state index in [9.17, 15) is 14.7 Å². The van der Waals surface area contributed by atoms with Crippen LogP contribution in [0.25, 0.3) is 0 Å². The first-order valence-corrected chi connectivity index (χ1v) is 13.9. The van der Waals surface area contributed by atoms with Crippen LogP contribution < -0.4 is 24.8 Å². The number of nitrogens with one attached hydrogen (secondary N) is 2. The molecule has 42 heavy (non-hydrogen) atoms. The molecule has 3 aromatic rings. The fourth-order valence-electron chi connectivity index (χ4n) is 5.18. The Labute approximate surface area is 244 Å². The van der Waals surface area contributed by atoms with Crippen LogP contribution in [0.2, 0.25) is 0 Å². The fourth-order valence-corrected chi connectivity index (χ4v) is 5.18. The largest absolute Gasteiger partial charge is 0.488 e. The van der Waals surface area contributed by atoms with Crippen molar-refractivity contribution in [2.45, 2.75) is 46.4 Å². The van der Waals surface area contributed by atoms with E-state index in [1.807, 2.05) is 39.1 Å². The molecule has 12 heteroatoms. The van der Waals surface area contributed by atoms with E-state index in [0.29, 0.717) is 53.8 Å². The van der Waals surface area contributed by atoms with Crippen LogP contribution in [-0.4, -0.2) is 77.7 Å². The number of aliphatic hydroxyl groups is 1. The van der Waals surface area contributed by atoms with E-state index in [2.05, 4.69) is 20.7 Å². The SMILES string of the molecule is Cc1noc(C)c1NC(=O)Nc1ccc2c(c1)C(=O)N([C@@H](C)CO)C[C@H](C)[C@H](CN(C)Cc1ccc3c(c1)OCO3)O2. The van der Waals surface area contributed by atoms with Crippen molar-refractivity contribution in [2.24, 2.45) is 5.92 Å². The molecule has 0 aliphatic carbocycles. The number of carbonyl (C=O) groups excluding carboxylic acids is 2. The van der Waals surface area contributed by atoms with Crippen molar-refractivity contribution in [1.29, 1.82) is 0 Å². The van der Waals surface area contributed by atoms with Crippen LogP contribution in [0, 0.1) is 19.8 Å². The number of ether oxygens (including phenoxy) is 3. The molecule has 1 aromatic heterocycles. The van der Waals surface area contributed by atoms with Gasteiger partial charge < -0.3 is 39.4 Å². The Kier molecular flexibility index (Phi) is 8.55. The van der Waals surface area contributed by atoms with Gasteiger partial charge in [-0.3, -0.25) is 9.69 Å². The highest BCUT2D eigenvalue weighted by Gasteiger charge is 2.33. The lowest BCUT2D eigenvalue weighted by Crippen LogP contribution is -2.49. The van der Waals surface area contributed by atoms with Crippen molar-refractivity contribution >= 4 is 23.3 Å². The number of anilines is 2. The summed E-state index contributed by atoms with van der Waals surface area (Å²) in [5.74, 6) is 2.07. The first kappa shape index (κ1) is 29.2. The summed E-state index contributed by atoms with van der Waals surface area (Å²) < 4.78 is 22.5. The summed E-state index contributed by atoms with van der Waals surface area (Å²) in [6, 6.07) is 10.00. The van der Waals surface area contributed by atoms with Crippen LogP contribution in [0.4, 0.5) is 16.2 Å². The van der Waals surface area contributed by atoms with E-state index in [1.165, 1.54) is 0 Å². The number of hydrogen-bond donors (Lipinski definition) is 3. The number of hydrogen-bond acceptors (Lipinski definition) is 9. The van der Waals surface area contributed by atoms with Gasteiger partial charge in [0, 0.05) is 31.2 Å². The van der Waals surface area contributed by atoms with Crippen molar-refractivity contribution in [3.05, 3.63) is 59.0 Å². The van der Waals surface area contributed by atoms with E-state index in [1.54, 1.807) is 36.9 Å². The Morgan fingerprint density at radius 2 is 1.90 bits per heavy atom. The average molecular weight is 580 g/mol. The molecule has 0 spiro atoms. The lowest BCUT2D eigenvalue weighted by Gasteiger charge is -2.38. The van der Waals surface area contributed by atoms with Crippen LogP contribution in [0.1, 0.15) is 41.2 Å².